The van der Waals surface area contributed by atoms with E-state index >= 15 is 0 Å². The largest absolute Gasteiger partial charge is 0.385 e. The number of benzene rings is 4. The zero-order valence-electron chi connectivity index (χ0n) is 24.9. The monoisotopic (exact) mass is 676 g/mol. The van der Waals surface area contributed by atoms with Crippen LogP contribution >= 0.6 is 15.9 Å². The van der Waals surface area contributed by atoms with Gasteiger partial charge in [0.05, 0.1) is 49.2 Å². The van der Waals surface area contributed by atoms with Crippen molar-refractivity contribution in [1.82, 2.24) is 0 Å². The number of nitrogens with one attached hydrogen (secondary N) is 1. The summed E-state index contributed by atoms with van der Waals surface area (Å²) in [4.78, 5) is 0. The minimum absolute atomic E-state index is 0. The molecule has 0 atom stereocenters. The Morgan fingerprint density at radius 3 is 1.38 bits per heavy atom. The lowest BCUT2D eigenvalue weighted by molar-refractivity contribution is 0.0144. The standard InChI is InChI=1S/C22H32N4O3.C12H9BrN2.CH4/c23-12-4-14-27-16-18-29-19-17-28-15-5-13-24-20-8-10-22(11-9-20)26-25-21-6-2-1-3-7-21;13-10-6-8-12(9-7-10)15-14-11-4-2-1-3-5-11;/h1-3,6-11,24H,4-5,12-19,23H2;1-9H;1H4. The van der Waals surface area contributed by atoms with Crippen LogP contribution in [-0.2, 0) is 14.2 Å². The molecule has 0 saturated heterocycles. The zero-order valence-corrected chi connectivity index (χ0v) is 26.5. The number of nitrogens with zero attached hydrogens (tertiary/aromatic N) is 4. The zero-order chi connectivity index (χ0) is 30.9. The minimum Gasteiger partial charge on any atom is -0.385 e. The van der Waals surface area contributed by atoms with Gasteiger partial charge in [-0.3, -0.25) is 0 Å². The molecular formula is C35H45BrN6O3. The SMILES string of the molecule is Brc1ccc(N=Nc2ccccc2)cc1.C.NCCCOCCOCCOCCCNc1ccc(N=Nc2ccccc2)cc1. The van der Waals surface area contributed by atoms with Gasteiger partial charge in [-0.1, -0.05) is 59.8 Å². The Balaban J connectivity index is 0.000000369. The fourth-order valence-corrected chi connectivity index (χ4v) is 3.77. The van der Waals surface area contributed by atoms with Gasteiger partial charge in [0.15, 0.2) is 0 Å². The second-order valence-corrected chi connectivity index (χ2v) is 10.3. The lowest BCUT2D eigenvalue weighted by Crippen LogP contribution is -2.12. The Morgan fingerprint density at radius 1 is 0.511 bits per heavy atom. The first-order chi connectivity index (χ1) is 21.7. The van der Waals surface area contributed by atoms with Crippen molar-refractivity contribution in [3.05, 3.63) is 114 Å². The Bertz CT molecular complexity index is 1330. The van der Waals surface area contributed by atoms with Gasteiger partial charge in [0, 0.05) is 29.9 Å². The van der Waals surface area contributed by atoms with Crippen LogP contribution in [0.1, 0.15) is 20.3 Å². The number of azo groups is 2. The Hall–Kier alpha value is -3.80. The molecule has 9 nitrogen and oxygen atoms in total. The van der Waals surface area contributed by atoms with Gasteiger partial charge in [-0.15, -0.1) is 0 Å². The van der Waals surface area contributed by atoms with Crippen LogP contribution in [-0.4, -0.2) is 52.7 Å². The van der Waals surface area contributed by atoms with Gasteiger partial charge in [0.1, 0.15) is 0 Å². The Morgan fingerprint density at radius 2 is 0.911 bits per heavy atom. The molecule has 0 unspecified atom stereocenters. The maximum Gasteiger partial charge on any atom is 0.0858 e. The Kier molecular flexibility index (Phi) is 20.4. The molecule has 3 N–H and O–H groups in total. The van der Waals surface area contributed by atoms with Gasteiger partial charge in [0.25, 0.3) is 0 Å². The molecule has 0 radical (unpaired) electrons. The molecule has 0 aliphatic rings. The van der Waals surface area contributed by atoms with E-state index in [1.165, 1.54) is 0 Å². The first kappa shape index (κ1) is 37.4. The van der Waals surface area contributed by atoms with Gasteiger partial charge < -0.3 is 25.3 Å². The lowest BCUT2D eigenvalue weighted by Gasteiger charge is -2.08. The molecule has 45 heavy (non-hydrogen) atoms. The van der Waals surface area contributed by atoms with Crippen LogP contribution in [0.15, 0.2) is 134 Å². The van der Waals surface area contributed by atoms with E-state index in [4.69, 9.17) is 19.9 Å². The maximum atomic E-state index is 5.56. The molecule has 0 aliphatic heterocycles. The summed E-state index contributed by atoms with van der Waals surface area (Å²) in [6, 6.07) is 35.0. The average Bonchev–Trinajstić information content (AvgIpc) is 3.07. The summed E-state index contributed by atoms with van der Waals surface area (Å²) in [5.74, 6) is 0. The second-order valence-electron chi connectivity index (χ2n) is 9.35. The summed E-state index contributed by atoms with van der Waals surface area (Å²) in [7, 11) is 0. The van der Waals surface area contributed by atoms with Crippen LogP contribution in [0.4, 0.5) is 28.4 Å². The number of hydrogen-bond acceptors (Lipinski definition) is 9. The molecule has 0 aromatic heterocycles. The smallest absolute Gasteiger partial charge is 0.0858 e. The summed E-state index contributed by atoms with van der Waals surface area (Å²) >= 11 is 3.37. The number of rotatable bonds is 18. The van der Waals surface area contributed by atoms with Crippen molar-refractivity contribution >= 4 is 44.4 Å². The molecule has 0 bridgehead atoms. The van der Waals surface area contributed by atoms with Gasteiger partial charge >= 0.3 is 0 Å². The average molecular weight is 678 g/mol. The fraction of sp³-hybridized carbons (Fsp3) is 0.314. The molecule has 0 aliphatic carbocycles. The molecule has 4 aromatic rings. The molecule has 0 amide bonds. The Labute approximate surface area is 276 Å². The number of hydrogen-bond donors (Lipinski definition) is 2. The molecule has 0 heterocycles. The van der Waals surface area contributed by atoms with Crippen LogP contribution in [0, 0.1) is 0 Å². The topological polar surface area (TPSA) is 115 Å². The number of halogens is 1. The molecule has 4 rings (SSSR count). The summed E-state index contributed by atoms with van der Waals surface area (Å²) in [6.07, 6.45) is 1.82. The third-order valence-electron chi connectivity index (χ3n) is 5.80. The highest BCUT2D eigenvalue weighted by Gasteiger charge is 1.96. The normalized spacial score (nSPS) is 10.8. The van der Waals surface area contributed by atoms with Crippen molar-refractivity contribution in [2.75, 3.05) is 58.0 Å². The van der Waals surface area contributed by atoms with Gasteiger partial charge in [-0.05, 0) is 92.2 Å². The van der Waals surface area contributed by atoms with Crippen LogP contribution in [0.3, 0.4) is 0 Å². The predicted molar refractivity (Wildman–Crippen MR) is 188 cm³/mol. The summed E-state index contributed by atoms with van der Waals surface area (Å²) in [6.45, 7) is 5.30. The fourth-order valence-electron chi connectivity index (χ4n) is 3.51. The van der Waals surface area contributed by atoms with Crippen LogP contribution < -0.4 is 11.1 Å². The lowest BCUT2D eigenvalue weighted by atomic mass is 10.3. The van der Waals surface area contributed by atoms with Crippen LogP contribution in [0.25, 0.3) is 0 Å². The molecule has 0 saturated carbocycles. The third-order valence-corrected chi connectivity index (χ3v) is 6.33. The summed E-state index contributed by atoms with van der Waals surface area (Å²) < 4.78 is 17.4. The van der Waals surface area contributed by atoms with E-state index in [0.717, 1.165) is 52.3 Å². The first-order valence-corrected chi connectivity index (χ1v) is 15.5. The van der Waals surface area contributed by atoms with E-state index in [2.05, 4.69) is 41.7 Å². The first-order valence-electron chi connectivity index (χ1n) is 14.7. The van der Waals surface area contributed by atoms with E-state index in [-0.39, 0.29) is 7.43 Å². The van der Waals surface area contributed by atoms with Crippen molar-refractivity contribution in [3.8, 4) is 0 Å². The van der Waals surface area contributed by atoms with Gasteiger partial charge in [-0.2, -0.15) is 20.5 Å². The quantitative estimate of drug-likeness (QED) is 0.0804. The van der Waals surface area contributed by atoms with E-state index < -0.39 is 0 Å². The number of ether oxygens (including phenoxy) is 3. The van der Waals surface area contributed by atoms with E-state index in [0.29, 0.717) is 46.2 Å². The number of anilines is 1. The molecule has 4 aromatic carbocycles. The van der Waals surface area contributed by atoms with E-state index in [9.17, 15) is 0 Å². The van der Waals surface area contributed by atoms with E-state index in [1.54, 1.807) is 0 Å². The van der Waals surface area contributed by atoms with Crippen LogP contribution in [0.2, 0.25) is 0 Å². The van der Waals surface area contributed by atoms with Crippen LogP contribution in [0.5, 0.6) is 0 Å². The maximum absolute atomic E-state index is 5.56. The van der Waals surface area contributed by atoms with Crippen molar-refractivity contribution in [2.24, 2.45) is 26.2 Å². The highest BCUT2D eigenvalue weighted by Crippen LogP contribution is 2.21. The van der Waals surface area contributed by atoms with Crippen molar-refractivity contribution in [3.63, 3.8) is 0 Å². The van der Waals surface area contributed by atoms with Gasteiger partial charge in [0.2, 0.25) is 0 Å². The second kappa shape index (κ2) is 24.5. The molecule has 240 valence electrons. The van der Waals surface area contributed by atoms with Crippen molar-refractivity contribution in [2.45, 2.75) is 20.3 Å². The molecule has 0 fully saturated rings. The van der Waals surface area contributed by atoms with E-state index in [1.807, 2.05) is 109 Å². The molecular weight excluding hydrogens is 632 g/mol. The third kappa shape index (κ3) is 17.9. The number of nitrogens with two attached hydrogens (primary N) is 1. The molecule has 0 spiro atoms. The summed E-state index contributed by atoms with van der Waals surface area (Å²) in [5, 5.41) is 20.1. The van der Waals surface area contributed by atoms with Gasteiger partial charge in [-0.25, -0.2) is 0 Å². The summed E-state index contributed by atoms with van der Waals surface area (Å²) in [5.41, 5.74) is 9.83. The highest BCUT2D eigenvalue weighted by molar-refractivity contribution is 9.10. The highest BCUT2D eigenvalue weighted by atomic mass is 79.9. The minimum atomic E-state index is 0. The van der Waals surface area contributed by atoms with Crippen molar-refractivity contribution in [1.29, 1.82) is 0 Å². The predicted octanol–water partition coefficient (Wildman–Crippen LogP) is 9.80. The van der Waals surface area contributed by atoms with Crippen molar-refractivity contribution < 1.29 is 14.2 Å². The molecule has 10 heteroatoms.